The number of aliphatic imine (C=N–C) groups is 1. The van der Waals surface area contributed by atoms with E-state index in [2.05, 4.69) is 43.9 Å². The predicted molar refractivity (Wildman–Crippen MR) is 130 cm³/mol. The Bertz CT molecular complexity index is 824. The first-order chi connectivity index (χ1) is 14.0. The zero-order chi connectivity index (χ0) is 22.9. The zero-order valence-electron chi connectivity index (χ0n) is 19.4. The number of allylic oxidation sites excluding steroid dienone is 1. The van der Waals surface area contributed by atoms with Crippen molar-refractivity contribution in [1.82, 2.24) is 5.32 Å². The third-order valence-electron chi connectivity index (χ3n) is 5.01. The van der Waals surface area contributed by atoms with E-state index >= 15 is 0 Å². The van der Waals surface area contributed by atoms with Crippen molar-refractivity contribution in [2.45, 2.75) is 66.2 Å². The van der Waals surface area contributed by atoms with Crippen molar-refractivity contribution >= 4 is 17.0 Å². The van der Waals surface area contributed by atoms with Crippen LogP contribution in [0.15, 0.2) is 60.8 Å². The van der Waals surface area contributed by atoms with Crippen molar-refractivity contribution in [2.24, 2.45) is 4.99 Å². The Morgan fingerprint density at radius 3 is 2.27 bits per heavy atom. The molecule has 30 heavy (non-hydrogen) atoms. The van der Waals surface area contributed by atoms with E-state index in [0.29, 0.717) is 12.3 Å². The highest BCUT2D eigenvalue weighted by Gasteiger charge is 2.18. The number of nitrogens with one attached hydrogen (secondary N) is 1. The average Bonchev–Trinajstić information content (AvgIpc) is 2.70. The Kier molecular flexibility index (Phi) is 9.77. The number of halogens is 1. The van der Waals surface area contributed by atoms with Crippen molar-refractivity contribution in [3.63, 3.8) is 0 Å². The Hall–Kier alpha value is -2.62. The number of hydrogen-bond acceptors (Lipinski definition) is 3. The normalized spacial score (nSPS) is 12.7. The molecule has 0 atom stereocenters. The van der Waals surface area contributed by atoms with Crippen LogP contribution in [0.1, 0.15) is 65.5 Å². The van der Waals surface area contributed by atoms with Gasteiger partial charge in [-0.2, -0.15) is 0 Å². The van der Waals surface area contributed by atoms with Gasteiger partial charge >= 0.3 is 0 Å². The fraction of sp³-hybridized carbons (Fsp3) is 0.423. The number of nitrogens with zero attached hydrogens (tertiary/aromatic N) is 1. The van der Waals surface area contributed by atoms with Gasteiger partial charge in [-0.15, -0.1) is 0 Å². The largest absolute Gasteiger partial charge is 0.490 e. The molecule has 0 heterocycles. The molecule has 164 valence electrons. The number of alkyl halides is 1. The van der Waals surface area contributed by atoms with Crippen LogP contribution in [0, 0.1) is 0 Å². The van der Waals surface area contributed by atoms with Crippen LogP contribution >= 0.6 is 0 Å². The van der Waals surface area contributed by atoms with E-state index in [0.717, 1.165) is 46.6 Å². The van der Waals surface area contributed by atoms with Gasteiger partial charge in [0.05, 0.1) is 11.8 Å². The lowest BCUT2D eigenvalue weighted by molar-refractivity contribution is 0.193. The molecule has 1 aromatic carbocycles. The summed E-state index contributed by atoms with van der Waals surface area (Å²) in [5.74, 6) is 0.812. The van der Waals surface area contributed by atoms with Crippen molar-refractivity contribution < 1.29 is 9.13 Å². The van der Waals surface area contributed by atoms with Gasteiger partial charge in [-0.3, -0.25) is 4.99 Å². The van der Waals surface area contributed by atoms with E-state index in [-0.39, 0.29) is 6.10 Å². The van der Waals surface area contributed by atoms with Gasteiger partial charge in [-0.05, 0) is 69.9 Å². The zero-order valence-corrected chi connectivity index (χ0v) is 19.4. The second-order valence-electron chi connectivity index (χ2n) is 8.01. The minimum Gasteiger partial charge on any atom is -0.490 e. The standard InChI is InChI=1S/C26H37FN2O/c1-10-21(17-29-20(7)26(8,9)27)16-28-19(6)23-13-22(18(4)5)14-25(15-23)30-24(11-2)12-3/h10,13-15,17,24,28H,1,4,6,11-12,16H2,2-3,5,7-9H3/b21-17+,29-20?. The first-order valence-electron chi connectivity index (χ1n) is 10.5. The second kappa shape index (κ2) is 11.5. The van der Waals surface area contributed by atoms with Gasteiger partial charge in [0.25, 0.3) is 0 Å². The first kappa shape index (κ1) is 25.4. The summed E-state index contributed by atoms with van der Waals surface area (Å²) in [6, 6.07) is 6.05. The van der Waals surface area contributed by atoms with Crippen LogP contribution in [0.5, 0.6) is 5.75 Å². The van der Waals surface area contributed by atoms with Gasteiger partial charge in [0, 0.05) is 24.0 Å². The lowest BCUT2D eigenvalue weighted by Gasteiger charge is -2.19. The van der Waals surface area contributed by atoms with Gasteiger partial charge in [-0.1, -0.05) is 45.2 Å². The molecule has 0 aliphatic heterocycles. The molecule has 0 aliphatic rings. The summed E-state index contributed by atoms with van der Waals surface area (Å²) in [6.07, 6.45) is 5.41. The lowest BCUT2D eigenvalue weighted by atomic mass is 10.0. The van der Waals surface area contributed by atoms with Crippen LogP contribution in [0.4, 0.5) is 4.39 Å². The number of benzene rings is 1. The SMILES string of the molecule is C=C/C(=C\N=C(C)C(C)(C)F)CNC(=C)c1cc(OC(CC)CC)cc(C(=C)C)c1. The van der Waals surface area contributed by atoms with E-state index in [9.17, 15) is 4.39 Å². The molecular formula is C26H37FN2O. The molecule has 3 nitrogen and oxygen atoms in total. The summed E-state index contributed by atoms with van der Waals surface area (Å²) in [5, 5.41) is 3.30. The third-order valence-corrected chi connectivity index (χ3v) is 5.01. The van der Waals surface area contributed by atoms with Gasteiger partial charge in [0.15, 0.2) is 0 Å². The molecule has 4 heteroatoms. The highest BCUT2D eigenvalue weighted by molar-refractivity contribution is 5.90. The average molecular weight is 413 g/mol. The summed E-state index contributed by atoms with van der Waals surface area (Å²) >= 11 is 0. The maximum atomic E-state index is 13.9. The summed E-state index contributed by atoms with van der Waals surface area (Å²) in [6.45, 7) is 23.4. The highest BCUT2D eigenvalue weighted by atomic mass is 19.1. The summed E-state index contributed by atoms with van der Waals surface area (Å²) < 4.78 is 20.1. The maximum absolute atomic E-state index is 13.9. The molecular weight excluding hydrogens is 375 g/mol. The summed E-state index contributed by atoms with van der Waals surface area (Å²) in [5.41, 5.74) is 3.47. The van der Waals surface area contributed by atoms with Crippen molar-refractivity contribution in [2.75, 3.05) is 6.54 Å². The Morgan fingerprint density at radius 2 is 1.77 bits per heavy atom. The fourth-order valence-electron chi connectivity index (χ4n) is 2.55. The monoisotopic (exact) mass is 412 g/mol. The topological polar surface area (TPSA) is 33.6 Å². The molecule has 0 saturated heterocycles. The summed E-state index contributed by atoms with van der Waals surface area (Å²) in [7, 11) is 0. The Morgan fingerprint density at radius 1 is 1.17 bits per heavy atom. The second-order valence-corrected chi connectivity index (χ2v) is 8.01. The molecule has 0 fully saturated rings. The number of rotatable bonds is 12. The van der Waals surface area contributed by atoms with E-state index in [1.54, 1.807) is 19.2 Å². The van der Waals surface area contributed by atoms with Gasteiger partial charge in [0.2, 0.25) is 0 Å². The molecule has 0 saturated carbocycles. The van der Waals surface area contributed by atoms with Crippen molar-refractivity contribution in [3.8, 4) is 5.75 Å². The molecule has 1 rings (SSSR count). The van der Waals surface area contributed by atoms with Crippen LogP contribution in [0.2, 0.25) is 0 Å². The first-order valence-corrected chi connectivity index (χ1v) is 10.5. The van der Waals surface area contributed by atoms with Crippen LogP contribution in [0.25, 0.3) is 11.3 Å². The van der Waals surface area contributed by atoms with E-state index in [1.165, 1.54) is 13.8 Å². The minimum absolute atomic E-state index is 0.176. The molecule has 1 aromatic rings. The number of hydrogen-bond donors (Lipinski definition) is 1. The fourth-order valence-corrected chi connectivity index (χ4v) is 2.55. The van der Waals surface area contributed by atoms with Crippen LogP contribution < -0.4 is 10.1 Å². The molecule has 0 aromatic heterocycles. The van der Waals surface area contributed by atoms with Crippen molar-refractivity contribution in [3.05, 3.63) is 66.9 Å². The van der Waals surface area contributed by atoms with Gasteiger partial charge < -0.3 is 10.1 Å². The van der Waals surface area contributed by atoms with E-state index < -0.39 is 5.67 Å². The molecule has 0 aliphatic carbocycles. The quantitative estimate of drug-likeness (QED) is 0.293. The predicted octanol–water partition coefficient (Wildman–Crippen LogP) is 7.13. The smallest absolute Gasteiger partial charge is 0.143 e. The van der Waals surface area contributed by atoms with Crippen LogP contribution in [0.3, 0.4) is 0 Å². The van der Waals surface area contributed by atoms with Gasteiger partial charge in [0.1, 0.15) is 11.4 Å². The molecule has 1 N–H and O–H groups in total. The molecule has 0 bridgehead atoms. The minimum atomic E-state index is -1.45. The van der Waals surface area contributed by atoms with Crippen LogP contribution in [-0.4, -0.2) is 24.0 Å². The van der Waals surface area contributed by atoms with E-state index in [1.807, 2.05) is 25.1 Å². The molecule has 0 radical (unpaired) electrons. The van der Waals surface area contributed by atoms with E-state index in [4.69, 9.17) is 4.74 Å². The summed E-state index contributed by atoms with van der Waals surface area (Å²) in [4.78, 5) is 4.23. The van der Waals surface area contributed by atoms with Crippen molar-refractivity contribution in [1.29, 1.82) is 0 Å². The Labute approximate surface area is 182 Å². The maximum Gasteiger partial charge on any atom is 0.143 e. The van der Waals surface area contributed by atoms with Gasteiger partial charge in [-0.25, -0.2) is 4.39 Å². The third kappa shape index (κ3) is 8.02. The number of ether oxygens (including phenoxy) is 1. The molecule has 0 spiro atoms. The lowest BCUT2D eigenvalue weighted by Crippen LogP contribution is -2.22. The Balaban J connectivity index is 3.02. The van der Waals surface area contributed by atoms with Crippen LogP contribution in [-0.2, 0) is 0 Å². The molecule has 0 unspecified atom stereocenters. The molecule has 0 amide bonds. The highest BCUT2D eigenvalue weighted by Crippen LogP contribution is 2.26.